The van der Waals surface area contributed by atoms with E-state index >= 15 is 0 Å². The Morgan fingerprint density at radius 3 is 3.12 bits per heavy atom. The fourth-order valence-electron chi connectivity index (χ4n) is 1.30. The van der Waals surface area contributed by atoms with Gasteiger partial charge in [-0.1, -0.05) is 12.2 Å². The third-order valence-electron chi connectivity index (χ3n) is 2.04. The fraction of sp³-hybridized carbons (Fsp3) is 0.0909. The Morgan fingerprint density at radius 2 is 2.35 bits per heavy atom. The van der Waals surface area contributed by atoms with Crippen LogP contribution in [0.15, 0.2) is 35.6 Å². The second-order valence-electron chi connectivity index (χ2n) is 3.22. The van der Waals surface area contributed by atoms with Crippen LogP contribution in [0.4, 0.5) is 10.2 Å². The molecule has 0 unspecified atom stereocenters. The number of pyridine rings is 1. The van der Waals surface area contributed by atoms with Crippen LogP contribution in [0.5, 0.6) is 0 Å². The van der Waals surface area contributed by atoms with Crippen LogP contribution in [0.3, 0.4) is 0 Å². The van der Waals surface area contributed by atoms with Crippen molar-refractivity contribution < 1.29 is 4.39 Å². The minimum atomic E-state index is -0.341. The van der Waals surface area contributed by atoms with E-state index in [0.29, 0.717) is 11.5 Å². The molecule has 0 aliphatic heterocycles. The number of hydrogen-bond donors (Lipinski definition) is 0. The van der Waals surface area contributed by atoms with Crippen molar-refractivity contribution in [3.05, 3.63) is 42.1 Å². The summed E-state index contributed by atoms with van der Waals surface area (Å²) in [5.74, 6) is 0.189. The van der Waals surface area contributed by atoms with Gasteiger partial charge in [0.1, 0.15) is 5.82 Å². The lowest BCUT2D eigenvalue weighted by atomic mass is 10.3. The van der Waals surface area contributed by atoms with Crippen LogP contribution in [0.1, 0.15) is 5.69 Å². The van der Waals surface area contributed by atoms with E-state index in [1.807, 2.05) is 0 Å². The number of thiocarbonyl (C=S) groups is 1. The van der Waals surface area contributed by atoms with Crippen LogP contribution >= 0.6 is 12.2 Å². The summed E-state index contributed by atoms with van der Waals surface area (Å²) in [6, 6.07) is 4.64. The number of halogens is 1. The quantitative estimate of drug-likeness (QED) is 0.615. The maximum atomic E-state index is 13.3. The molecule has 0 radical (unpaired) electrons. The zero-order valence-electron chi connectivity index (χ0n) is 8.82. The summed E-state index contributed by atoms with van der Waals surface area (Å²) in [5, 5.41) is 5.53. The summed E-state index contributed by atoms with van der Waals surface area (Å²) in [4.78, 5) is 7.93. The Morgan fingerprint density at radius 1 is 1.47 bits per heavy atom. The molecule has 0 atom stereocenters. The molecule has 0 amide bonds. The molecule has 17 heavy (non-hydrogen) atoms. The van der Waals surface area contributed by atoms with Crippen LogP contribution in [0, 0.1) is 5.82 Å². The van der Waals surface area contributed by atoms with Crippen molar-refractivity contribution >= 4 is 29.6 Å². The maximum absolute atomic E-state index is 13.3. The van der Waals surface area contributed by atoms with Crippen molar-refractivity contribution in [2.24, 2.45) is 4.99 Å². The summed E-state index contributed by atoms with van der Waals surface area (Å²) in [5.41, 5.74) is 0.348. The van der Waals surface area contributed by atoms with Gasteiger partial charge in [-0.2, -0.15) is 5.10 Å². The zero-order chi connectivity index (χ0) is 12.1. The Hall–Kier alpha value is -1.95. The molecule has 2 rings (SSSR count). The average Bonchev–Trinajstić information content (AvgIpc) is 2.77. The van der Waals surface area contributed by atoms with Crippen molar-refractivity contribution in [1.82, 2.24) is 14.8 Å². The Bertz CT molecular complexity index is 550. The highest BCUT2D eigenvalue weighted by molar-refractivity contribution is 7.80. The van der Waals surface area contributed by atoms with E-state index in [-0.39, 0.29) is 12.4 Å². The molecule has 6 heteroatoms. The average molecular weight is 248 g/mol. The zero-order valence-corrected chi connectivity index (χ0v) is 9.64. The summed E-state index contributed by atoms with van der Waals surface area (Å²) >= 11 is 4.61. The molecule has 0 N–H and O–H groups in total. The molecule has 86 valence electrons. The van der Waals surface area contributed by atoms with Gasteiger partial charge in [-0.25, -0.2) is 9.38 Å². The van der Waals surface area contributed by atoms with E-state index in [1.165, 1.54) is 17.6 Å². The largest absolute Gasteiger partial charge is 0.264 e. The first-order valence-corrected chi connectivity index (χ1v) is 5.37. The van der Waals surface area contributed by atoms with Gasteiger partial charge in [0.05, 0.1) is 12.2 Å². The van der Waals surface area contributed by atoms with E-state index in [2.05, 4.69) is 27.3 Å². The number of nitrogens with zero attached hydrogens (tertiary/aromatic N) is 4. The highest BCUT2D eigenvalue weighted by atomic mass is 32.1. The van der Waals surface area contributed by atoms with E-state index in [9.17, 15) is 4.39 Å². The molecule has 0 saturated heterocycles. The summed E-state index contributed by atoms with van der Waals surface area (Å²) < 4.78 is 14.9. The first-order valence-electron chi connectivity index (χ1n) is 4.90. The molecule has 0 spiro atoms. The molecule has 4 nitrogen and oxygen atoms in total. The van der Waals surface area contributed by atoms with Gasteiger partial charge in [-0.3, -0.25) is 9.67 Å². The van der Waals surface area contributed by atoms with Crippen molar-refractivity contribution in [3.8, 4) is 0 Å². The van der Waals surface area contributed by atoms with Gasteiger partial charge in [0.25, 0.3) is 0 Å². The summed E-state index contributed by atoms with van der Waals surface area (Å²) in [6.07, 6.45) is 4.74. The van der Waals surface area contributed by atoms with Gasteiger partial charge >= 0.3 is 0 Å². The van der Waals surface area contributed by atoms with Crippen molar-refractivity contribution in [2.75, 3.05) is 0 Å². The monoisotopic (exact) mass is 248 g/mol. The number of aromatic nitrogens is 3. The van der Waals surface area contributed by atoms with Crippen LogP contribution in [-0.2, 0) is 6.54 Å². The lowest BCUT2D eigenvalue weighted by molar-refractivity contribution is 0.571. The molecule has 2 heterocycles. The third kappa shape index (κ3) is 3.01. The molecule has 0 saturated carbocycles. The highest BCUT2D eigenvalue weighted by Gasteiger charge is 2.04. The first kappa shape index (κ1) is 11.5. The van der Waals surface area contributed by atoms with Crippen molar-refractivity contribution in [2.45, 2.75) is 6.54 Å². The molecule has 0 aliphatic rings. The maximum Gasteiger partial charge on any atom is 0.173 e. The highest BCUT2D eigenvalue weighted by Crippen LogP contribution is 2.09. The molecule has 0 bridgehead atoms. The van der Waals surface area contributed by atoms with Gasteiger partial charge in [0.15, 0.2) is 5.82 Å². The second-order valence-corrected chi connectivity index (χ2v) is 3.49. The van der Waals surface area contributed by atoms with Crippen LogP contribution < -0.4 is 0 Å². The topological polar surface area (TPSA) is 43.1 Å². The second kappa shape index (κ2) is 5.40. The number of hydrogen-bond acceptors (Lipinski definition) is 4. The predicted molar refractivity (Wildman–Crippen MR) is 67.3 cm³/mol. The summed E-state index contributed by atoms with van der Waals surface area (Å²) in [7, 11) is 0. The van der Waals surface area contributed by atoms with E-state index in [1.54, 1.807) is 29.2 Å². The van der Waals surface area contributed by atoms with Gasteiger partial charge in [-0.15, -0.1) is 0 Å². The van der Waals surface area contributed by atoms with Gasteiger partial charge in [0.2, 0.25) is 0 Å². The Kier molecular flexibility index (Phi) is 3.66. The van der Waals surface area contributed by atoms with Crippen LogP contribution in [0.25, 0.3) is 0 Å². The predicted octanol–water partition coefficient (Wildman–Crippen LogP) is 2.17. The normalized spacial score (nSPS) is 10.9. The molecular formula is C11H9FN4S. The van der Waals surface area contributed by atoms with Crippen molar-refractivity contribution in [1.29, 1.82) is 0 Å². The van der Waals surface area contributed by atoms with Crippen molar-refractivity contribution in [3.63, 3.8) is 0 Å². The van der Waals surface area contributed by atoms with E-state index < -0.39 is 0 Å². The van der Waals surface area contributed by atoms with Gasteiger partial charge in [0, 0.05) is 30.0 Å². The Balaban J connectivity index is 2.14. The molecular weight excluding hydrogens is 239 g/mol. The minimum absolute atomic E-state index is 0.278. The standard InChI is InChI=1S/C11H9FN4S/c12-9-2-1-4-13-10(9)8-16-6-3-11(15-16)14-5-7-17/h1-7H,8H2. The lowest BCUT2D eigenvalue weighted by Crippen LogP contribution is -2.04. The van der Waals surface area contributed by atoms with Gasteiger partial charge < -0.3 is 0 Å². The molecule has 0 fully saturated rings. The van der Waals surface area contributed by atoms with E-state index in [0.717, 1.165) is 0 Å². The van der Waals surface area contributed by atoms with E-state index in [4.69, 9.17) is 0 Å². The molecule has 2 aromatic heterocycles. The smallest absolute Gasteiger partial charge is 0.173 e. The molecule has 2 aromatic rings. The van der Waals surface area contributed by atoms with Crippen LogP contribution in [0.2, 0.25) is 0 Å². The Labute approximate surface area is 103 Å². The number of aliphatic imine (C=N–C) groups is 1. The van der Waals surface area contributed by atoms with Gasteiger partial charge in [-0.05, 0) is 12.1 Å². The molecule has 0 aliphatic carbocycles. The fourth-order valence-corrected chi connectivity index (χ4v) is 1.36. The minimum Gasteiger partial charge on any atom is -0.264 e. The SMILES string of the molecule is Fc1cccnc1Cn1ccc(N=CC=S)n1. The first-order chi connectivity index (χ1) is 8.29. The lowest BCUT2D eigenvalue weighted by Gasteiger charge is -2.01. The summed E-state index contributed by atoms with van der Waals surface area (Å²) in [6.45, 7) is 0.278. The molecule has 0 aromatic carbocycles. The third-order valence-corrected chi connectivity index (χ3v) is 2.16. The van der Waals surface area contributed by atoms with Crippen LogP contribution in [-0.4, -0.2) is 26.3 Å². The number of rotatable bonds is 4.